The van der Waals surface area contributed by atoms with Gasteiger partial charge in [-0.1, -0.05) is 0 Å². The highest BCUT2D eigenvalue weighted by atomic mass is 19.4. The van der Waals surface area contributed by atoms with Gasteiger partial charge in [-0.25, -0.2) is 4.79 Å². The number of imide groups is 1. The van der Waals surface area contributed by atoms with Gasteiger partial charge in [0.05, 0.1) is 5.92 Å². The van der Waals surface area contributed by atoms with E-state index in [1.807, 2.05) is 5.32 Å². The molecule has 104 valence electrons. The van der Waals surface area contributed by atoms with Crippen molar-refractivity contribution >= 4 is 11.9 Å². The molecule has 0 aliphatic carbocycles. The van der Waals surface area contributed by atoms with Gasteiger partial charge < -0.3 is 10.6 Å². The summed E-state index contributed by atoms with van der Waals surface area (Å²) in [6, 6.07) is -0.952. The Kier molecular flexibility index (Phi) is 4.94. The van der Waals surface area contributed by atoms with Gasteiger partial charge >= 0.3 is 12.2 Å². The zero-order valence-electron chi connectivity index (χ0n) is 9.79. The van der Waals surface area contributed by atoms with Crippen LogP contribution in [0.2, 0.25) is 0 Å². The molecule has 1 aliphatic rings. The van der Waals surface area contributed by atoms with Crippen molar-refractivity contribution in [1.29, 1.82) is 0 Å². The fourth-order valence-corrected chi connectivity index (χ4v) is 1.99. The molecule has 3 amide bonds. The van der Waals surface area contributed by atoms with Crippen molar-refractivity contribution in [3.05, 3.63) is 0 Å². The lowest BCUT2D eigenvalue weighted by atomic mass is 9.97. The zero-order chi connectivity index (χ0) is 13.8. The maximum absolute atomic E-state index is 12.5. The van der Waals surface area contributed by atoms with Gasteiger partial charge in [0.2, 0.25) is 5.91 Å². The maximum Gasteiger partial charge on any atom is 0.393 e. The van der Waals surface area contributed by atoms with Gasteiger partial charge in [0.25, 0.3) is 0 Å². The van der Waals surface area contributed by atoms with Crippen LogP contribution in [0.3, 0.4) is 0 Å². The summed E-state index contributed by atoms with van der Waals surface area (Å²) in [6.07, 6.45) is -3.63. The monoisotopic (exact) mass is 267 g/mol. The van der Waals surface area contributed by atoms with E-state index in [4.69, 9.17) is 5.73 Å². The van der Waals surface area contributed by atoms with Crippen molar-refractivity contribution < 1.29 is 22.8 Å². The topological polar surface area (TPSA) is 75.4 Å². The molecule has 1 atom stereocenters. The molecule has 5 nitrogen and oxygen atoms in total. The molecule has 1 rings (SSSR count). The molecule has 1 fully saturated rings. The molecule has 3 N–H and O–H groups in total. The van der Waals surface area contributed by atoms with Crippen LogP contribution in [-0.4, -0.2) is 42.6 Å². The van der Waals surface area contributed by atoms with E-state index in [-0.39, 0.29) is 25.9 Å². The van der Waals surface area contributed by atoms with Crippen LogP contribution in [0.5, 0.6) is 0 Å². The van der Waals surface area contributed by atoms with E-state index in [1.165, 1.54) is 0 Å². The summed E-state index contributed by atoms with van der Waals surface area (Å²) in [5.74, 6) is -1.90. The maximum atomic E-state index is 12.5. The number of nitrogens with zero attached hydrogens (tertiary/aromatic N) is 1. The summed E-state index contributed by atoms with van der Waals surface area (Å²) in [4.78, 5) is 23.1. The first-order chi connectivity index (χ1) is 8.29. The number of urea groups is 1. The van der Waals surface area contributed by atoms with E-state index in [1.54, 1.807) is 4.90 Å². The number of hydrogen-bond donors (Lipinski definition) is 2. The molecule has 1 unspecified atom stereocenters. The average molecular weight is 267 g/mol. The molecule has 1 aliphatic heterocycles. The quantitative estimate of drug-likeness (QED) is 0.795. The number of alkyl halides is 3. The Hall–Kier alpha value is -1.31. The third kappa shape index (κ3) is 4.91. The number of likely N-dealkylation sites (tertiary alicyclic amines) is 1. The first-order valence-electron chi connectivity index (χ1n) is 5.67. The molecular formula is C10H16F3N3O2. The fourth-order valence-electron chi connectivity index (χ4n) is 1.99. The normalized spacial score (nSPS) is 21.6. The average Bonchev–Trinajstić information content (AvgIpc) is 2.25. The Labute approximate surface area is 102 Å². The molecule has 1 heterocycles. The van der Waals surface area contributed by atoms with E-state index in [0.717, 1.165) is 0 Å². The number of nitrogens with two attached hydrogens (primary N) is 1. The Morgan fingerprint density at radius 2 is 2.06 bits per heavy atom. The SMILES string of the molecule is NC(=O)NC(=O)CCN1CCCC(C(F)(F)F)C1. The smallest absolute Gasteiger partial charge is 0.351 e. The number of carbonyl (C=O) groups excluding carboxylic acids is 2. The molecule has 18 heavy (non-hydrogen) atoms. The van der Waals surface area contributed by atoms with Gasteiger partial charge in [-0.15, -0.1) is 0 Å². The van der Waals surface area contributed by atoms with Crippen molar-refractivity contribution in [3.8, 4) is 0 Å². The number of rotatable bonds is 3. The standard InChI is InChI=1S/C10H16F3N3O2/c11-10(12,13)7-2-1-4-16(6-7)5-3-8(17)15-9(14)18/h7H,1-6H2,(H3,14,15,17,18). The zero-order valence-corrected chi connectivity index (χ0v) is 9.79. The van der Waals surface area contributed by atoms with Crippen LogP contribution >= 0.6 is 0 Å². The van der Waals surface area contributed by atoms with Crippen molar-refractivity contribution in [3.63, 3.8) is 0 Å². The van der Waals surface area contributed by atoms with E-state index >= 15 is 0 Å². The number of amides is 3. The van der Waals surface area contributed by atoms with Crippen LogP contribution < -0.4 is 11.1 Å². The van der Waals surface area contributed by atoms with E-state index in [9.17, 15) is 22.8 Å². The second kappa shape index (κ2) is 6.03. The van der Waals surface area contributed by atoms with Gasteiger partial charge in [0.1, 0.15) is 0 Å². The lowest BCUT2D eigenvalue weighted by molar-refractivity contribution is -0.186. The lowest BCUT2D eigenvalue weighted by Crippen LogP contribution is -2.43. The first-order valence-corrected chi connectivity index (χ1v) is 5.67. The van der Waals surface area contributed by atoms with Crippen LogP contribution in [0.4, 0.5) is 18.0 Å². The van der Waals surface area contributed by atoms with Crippen LogP contribution in [0, 0.1) is 5.92 Å². The summed E-state index contributed by atoms with van der Waals surface area (Å²) < 4.78 is 37.6. The van der Waals surface area contributed by atoms with Gasteiger partial charge in [-0.2, -0.15) is 13.2 Å². The molecule has 0 aromatic carbocycles. The molecule has 1 saturated heterocycles. The number of primary amides is 1. The number of carbonyl (C=O) groups is 2. The number of nitrogens with one attached hydrogen (secondary N) is 1. The minimum atomic E-state index is -4.19. The molecule has 0 aromatic heterocycles. The van der Waals surface area contributed by atoms with Crippen LogP contribution in [-0.2, 0) is 4.79 Å². The highest BCUT2D eigenvalue weighted by Crippen LogP contribution is 2.32. The third-order valence-electron chi connectivity index (χ3n) is 2.89. The van der Waals surface area contributed by atoms with E-state index in [0.29, 0.717) is 13.0 Å². The largest absolute Gasteiger partial charge is 0.393 e. The molecule has 0 bridgehead atoms. The van der Waals surface area contributed by atoms with Crippen LogP contribution in [0.1, 0.15) is 19.3 Å². The predicted molar refractivity (Wildman–Crippen MR) is 57.6 cm³/mol. The first kappa shape index (κ1) is 14.7. The van der Waals surface area contributed by atoms with Crippen molar-refractivity contribution in [2.24, 2.45) is 11.7 Å². The lowest BCUT2D eigenvalue weighted by Gasteiger charge is -2.33. The molecule has 0 saturated carbocycles. The summed E-state index contributed by atoms with van der Waals surface area (Å²) in [7, 11) is 0. The highest BCUT2D eigenvalue weighted by Gasteiger charge is 2.41. The fraction of sp³-hybridized carbons (Fsp3) is 0.800. The van der Waals surface area contributed by atoms with Gasteiger partial charge in [-0.3, -0.25) is 10.1 Å². The number of piperidine rings is 1. The Morgan fingerprint density at radius 1 is 1.39 bits per heavy atom. The summed E-state index contributed by atoms with van der Waals surface area (Å²) in [5.41, 5.74) is 4.75. The van der Waals surface area contributed by atoms with Crippen LogP contribution in [0.15, 0.2) is 0 Å². The Morgan fingerprint density at radius 3 is 2.61 bits per heavy atom. The number of hydrogen-bond acceptors (Lipinski definition) is 3. The van der Waals surface area contributed by atoms with Gasteiger partial charge in [0, 0.05) is 19.5 Å². The van der Waals surface area contributed by atoms with Crippen molar-refractivity contribution in [2.45, 2.75) is 25.4 Å². The summed E-state index contributed by atoms with van der Waals surface area (Å²) in [5, 5.41) is 1.87. The van der Waals surface area contributed by atoms with Crippen molar-refractivity contribution in [2.75, 3.05) is 19.6 Å². The van der Waals surface area contributed by atoms with Crippen molar-refractivity contribution in [1.82, 2.24) is 10.2 Å². The minimum Gasteiger partial charge on any atom is -0.351 e. The Balaban J connectivity index is 2.35. The van der Waals surface area contributed by atoms with Crippen LogP contribution in [0.25, 0.3) is 0 Å². The summed E-state index contributed by atoms with van der Waals surface area (Å²) in [6.45, 7) is 0.648. The Bertz CT molecular complexity index is 320. The predicted octanol–water partition coefficient (Wildman–Crippen LogP) is 0.846. The molecular weight excluding hydrogens is 251 g/mol. The number of halogens is 3. The molecule has 8 heteroatoms. The molecule has 0 aromatic rings. The minimum absolute atomic E-state index is 0.0342. The van der Waals surface area contributed by atoms with E-state index in [2.05, 4.69) is 0 Å². The van der Waals surface area contributed by atoms with E-state index < -0.39 is 24.0 Å². The molecule has 0 spiro atoms. The molecule has 0 radical (unpaired) electrons. The summed E-state index contributed by atoms with van der Waals surface area (Å²) >= 11 is 0. The second-order valence-corrected chi connectivity index (χ2v) is 4.34. The highest BCUT2D eigenvalue weighted by molar-refractivity contribution is 5.93. The van der Waals surface area contributed by atoms with Gasteiger partial charge in [0.15, 0.2) is 0 Å². The van der Waals surface area contributed by atoms with Gasteiger partial charge in [-0.05, 0) is 19.4 Å². The second-order valence-electron chi connectivity index (χ2n) is 4.34. The third-order valence-corrected chi connectivity index (χ3v) is 2.89.